The molecular weight excluding hydrogens is 220 g/mol. The summed E-state index contributed by atoms with van der Waals surface area (Å²) in [5.74, 6) is -2.33. The van der Waals surface area contributed by atoms with Crippen molar-refractivity contribution < 1.29 is 8.78 Å². The van der Waals surface area contributed by atoms with Crippen molar-refractivity contribution in [1.82, 2.24) is 0 Å². The van der Waals surface area contributed by atoms with Crippen LogP contribution in [0.25, 0.3) is 0 Å². The average molecular weight is 239 g/mol. The summed E-state index contributed by atoms with van der Waals surface area (Å²) >= 11 is 0. The molecule has 1 saturated carbocycles. The minimum atomic E-state index is -2.43. The quantitative estimate of drug-likeness (QED) is 0.835. The number of halogens is 2. The molecule has 17 heavy (non-hydrogen) atoms. The highest BCUT2D eigenvalue weighted by atomic mass is 19.3. The lowest BCUT2D eigenvalue weighted by atomic mass is 10.1. The van der Waals surface area contributed by atoms with Gasteiger partial charge in [-0.05, 0) is 49.4 Å². The lowest BCUT2D eigenvalue weighted by Gasteiger charge is -2.13. The van der Waals surface area contributed by atoms with E-state index in [0.717, 1.165) is 5.69 Å². The molecule has 3 heteroatoms. The summed E-state index contributed by atoms with van der Waals surface area (Å²) in [4.78, 5) is 0. The van der Waals surface area contributed by atoms with Crippen LogP contribution < -0.4 is 5.32 Å². The van der Waals surface area contributed by atoms with E-state index < -0.39 is 5.92 Å². The van der Waals surface area contributed by atoms with Crippen LogP contribution in [0.3, 0.4) is 0 Å². The Labute approximate surface area is 101 Å². The largest absolute Gasteiger partial charge is 0.385 e. The Morgan fingerprint density at radius 3 is 2.65 bits per heavy atom. The molecule has 0 amide bonds. The van der Waals surface area contributed by atoms with Crippen molar-refractivity contribution in [2.24, 2.45) is 5.92 Å². The summed E-state index contributed by atoms with van der Waals surface area (Å²) < 4.78 is 26.0. The molecule has 0 radical (unpaired) electrons. The van der Waals surface area contributed by atoms with Gasteiger partial charge in [0.25, 0.3) is 0 Å². The third-order valence-corrected chi connectivity index (χ3v) is 3.61. The highest BCUT2D eigenvalue weighted by Crippen LogP contribution is 2.38. The maximum Gasteiger partial charge on any atom is 0.248 e. The molecule has 1 fully saturated rings. The van der Waals surface area contributed by atoms with Crippen LogP contribution in [0.15, 0.2) is 18.2 Å². The van der Waals surface area contributed by atoms with E-state index in [-0.39, 0.29) is 18.8 Å². The molecule has 1 aliphatic carbocycles. The second-order valence-corrected chi connectivity index (χ2v) is 5.14. The molecule has 94 valence electrons. The minimum absolute atomic E-state index is 0.0326. The number of hydrogen-bond donors (Lipinski definition) is 1. The SMILES string of the molecule is Cc1ccc(NCC2CCC(F)(F)C2)cc1C. The van der Waals surface area contributed by atoms with E-state index in [0.29, 0.717) is 13.0 Å². The van der Waals surface area contributed by atoms with Crippen molar-refractivity contribution in [3.05, 3.63) is 29.3 Å². The van der Waals surface area contributed by atoms with E-state index in [1.807, 2.05) is 6.07 Å². The van der Waals surface area contributed by atoms with Gasteiger partial charge in [-0.25, -0.2) is 8.78 Å². The van der Waals surface area contributed by atoms with E-state index in [1.165, 1.54) is 11.1 Å². The van der Waals surface area contributed by atoms with Crippen molar-refractivity contribution in [1.29, 1.82) is 0 Å². The molecule has 0 heterocycles. The molecule has 1 unspecified atom stereocenters. The Bertz CT molecular complexity index is 401. The monoisotopic (exact) mass is 239 g/mol. The summed E-state index contributed by atoms with van der Waals surface area (Å²) in [6.07, 6.45) is 0.710. The van der Waals surface area contributed by atoms with Gasteiger partial charge >= 0.3 is 0 Å². The van der Waals surface area contributed by atoms with E-state index in [2.05, 4.69) is 31.3 Å². The predicted molar refractivity (Wildman–Crippen MR) is 66.7 cm³/mol. The molecule has 1 aliphatic rings. The van der Waals surface area contributed by atoms with E-state index >= 15 is 0 Å². The van der Waals surface area contributed by atoms with Gasteiger partial charge in [-0.1, -0.05) is 6.07 Å². The molecule has 0 spiro atoms. The van der Waals surface area contributed by atoms with Crippen LogP contribution in [-0.4, -0.2) is 12.5 Å². The molecule has 1 N–H and O–H groups in total. The van der Waals surface area contributed by atoms with Gasteiger partial charge in [-0.3, -0.25) is 0 Å². The van der Waals surface area contributed by atoms with E-state index in [9.17, 15) is 8.78 Å². The molecule has 1 nitrogen and oxygen atoms in total. The molecule has 0 aliphatic heterocycles. The summed E-state index contributed by atoms with van der Waals surface area (Å²) in [7, 11) is 0. The first kappa shape index (κ1) is 12.3. The van der Waals surface area contributed by atoms with Gasteiger partial charge in [-0.15, -0.1) is 0 Å². The van der Waals surface area contributed by atoms with Crippen LogP contribution in [0.4, 0.5) is 14.5 Å². The molecule has 2 rings (SSSR count). The normalized spacial score (nSPS) is 22.7. The highest BCUT2D eigenvalue weighted by Gasteiger charge is 2.38. The summed E-state index contributed by atoms with van der Waals surface area (Å²) in [6.45, 7) is 4.78. The van der Waals surface area contributed by atoms with Crippen molar-refractivity contribution >= 4 is 5.69 Å². The van der Waals surface area contributed by atoms with Crippen LogP contribution in [0.1, 0.15) is 30.4 Å². The summed E-state index contributed by atoms with van der Waals surface area (Å²) in [6, 6.07) is 6.14. The first-order chi connectivity index (χ1) is 7.96. The fourth-order valence-corrected chi connectivity index (χ4v) is 2.33. The fourth-order valence-electron chi connectivity index (χ4n) is 2.33. The Kier molecular flexibility index (Phi) is 3.36. The van der Waals surface area contributed by atoms with Crippen LogP contribution >= 0.6 is 0 Å². The molecular formula is C14H19F2N. The number of aryl methyl sites for hydroxylation is 2. The molecule has 0 bridgehead atoms. The Morgan fingerprint density at radius 1 is 1.29 bits per heavy atom. The number of alkyl halides is 2. The molecule has 1 aromatic carbocycles. The number of nitrogens with one attached hydrogen (secondary N) is 1. The third kappa shape index (κ3) is 3.18. The van der Waals surface area contributed by atoms with Crippen LogP contribution in [-0.2, 0) is 0 Å². The number of benzene rings is 1. The van der Waals surface area contributed by atoms with Crippen molar-refractivity contribution in [2.75, 3.05) is 11.9 Å². The fraction of sp³-hybridized carbons (Fsp3) is 0.571. The summed E-state index contributed by atoms with van der Waals surface area (Å²) in [5.41, 5.74) is 3.51. The first-order valence-corrected chi connectivity index (χ1v) is 6.15. The second kappa shape index (κ2) is 4.63. The maximum atomic E-state index is 13.0. The van der Waals surface area contributed by atoms with Crippen molar-refractivity contribution in [3.8, 4) is 0 Å². The maximum absolute atomic E-state index is 13.0. The lowest BCUT2D eigenvalue weighted by molar-refractivity contribution is 0.00556. The Balaban J connectivity index is 1.88. The Hall–Kier alpha value is -1.12. The standard InChI is InChI=1S/C14H19F2N/c1-10-3-4-13(7-11(10)2)17-9-12-5-6-14(15,16)8-12/h3-4,7,12,17H,5-6,8-9H2,1-2H3. The van der Waals surface area contributed by atoms with Gasteiger partial charge in [-0.2, -0.15) is 0 Å². The van der Waals surface area contributed by atoms with Crippen LogP contribution in [0.5, 0.6) is 0 Å². The van der Waals surface area contributed by atoms with E-state index in [4.69, 9.17) is 0 Å². The zero-order valence-electron chi connectivity index (χ0n) is 10.4. The van der Waals surface area contributed by atoms with Gasteiger partial charge in [0.15, 0.2) is 0 Å². The highest BCUT2D eigenvalue weighted by molar-refractivity contribution is 5.48. The number of hydrogen-bond acceptors (Lipinski definition) is 1. The summed E-state index contributed by atoms with van der Waals surface area (Å²) in [5, 5.41) is 3.26. The predicted octanol–water partition coefficient (Wildman–Crippen LogP) is 4.15. The topological polar surface area (TPSA) is 12.0 Å². The van der Waals surface area contributed by atoms with Gasteiger partial charge < -0.3 is 5.32 Å². The second-order valence-electron chi connectivity index (χ2n) is 5.14. The molecule has 0 aromatic heterocycles. The average Bonchev–Trinajstić information content (AvgIpc) is 2.60. The molecule has 1 aromatic rings. The zero-order valence-corrected chi connectivity index (χ0v) is 10.4. The van der Waals surface area contributed by atoms with Crippen LogP contribution in [0, 0.1) is 19.8 Å². The van der Waals surface area contributed by atoms with E-state index in [1.54, 1.807) is 0 Å². The van der Waals surface area contributed by atoms with Gasteiger partial charge in [0.2, 0.25) is 5.92 Å². The van der Waals surface area contributed by atoms with Gasteiger partial charge in [0.1, 0.15) is 0 Å². The van der Waals surface area contributed by atoms with Gasteiger partial charge in [0.05, 0.1) is 0 Å². The first-order valence-electron chi connectivity index (χ1n) is 6.15. The number of rotatable bonds is 3. The molecule has 1 atom stereocenters. The van der Waals surface area contributed by atoms with Crippen molar-refractivity contribution in [3.63, 3.8) is 0 Å². The minimum Gasteiger partial charge on any atom is -0.385 e. The lowest BCUT2D eigenvalue weighted by Crippen LogP contribution is -2.15. The Morgan fingerprint density at radius 2 is 2.06 bits per heavy atom. The van der Waals surface area contributed by atoms with Crippen LogP contribution in [0.2, 0.25) is 0 Å². The number of anilines is 1. The van der Waals surface area contributed by atoms with Crippen molar-refractivity contribution in [2.45, 2.75) is 39.0 Å². The third-order valence-electron chi connectivity index (χ3n) is 3.61. The zero-order chi connectivity index (χ0) is 12.5. The van der Waals surface area contributed by atoms with Gasteiger partial charge in [0, 0.05) is 25.1 Å². The molecule has 0 saturated heterocycles. The smallest absolute Gasteiger partial charge is 0.248 e.